The number of benzene rings is 3. The number of carbonyl (C=O) groups is 1. The lowest BCUT2D eigenvalue weighted by Crippen LogP contribution is -2.52. The van der Waals surface area contributed by atoms with E-state index in [4.69, 9.17) is 4.74 Å². The highest BCUT2D eigenvalue weighted by Gasteiger charge is 2.29. The first-order chi connectivity index (χ1) is 15.1. The summed E-state index contributed by atoms with van der Waals surface area (Å²) in [6, 6.07) is 23.1. The second kappa shape index (κ2) is 8.87. The molecule has 0 bridgehead atoms. The Morgan fingerprint density at radius 1 is 0.968 bits per heavy atom. The number of nitrogens with one attached hydrogen (secondary N) is 2. The molecule has 1 aliphatic rings. The number of methoxy groups -OCH3 is 1. The normalized spacial score (nSPS) is 12.2. The summed E-state index contributed by atoms with van der Waals surface area (Å²) in [6.07, 6.45) is 0. The summed E-state index contributed by atoms with van der Waals surface area (Å²) in [4.78, 5) is 15.2. The molecule has 1 heterocycles. The summed E-state index contributed by atoms with van der Waals surface area (Å²) < 4.78 is 5.18. The van der Waals surface area contributed by atoms with Crippen molar-refractivity contribution in [2.45, 2.75) is 13.8 Å². The molecule has 0 fully saturated rings. The van der Waals surface area contributed by atoms with Crippen molar-refractivity contribution in [1.82, 2.24) is 5.43 Å². The molecular weight excluding hydrogens is 390 g/mol. The second-order valence-corrected chi connectivity index (χ2v) is 7.11. The number of carbonyl (C=O) groups excluding carboxylic acids is 1. The SMILES string of the molecule is CCN(CC)c1ccc(N2Nc3ccccc3N2NC(=O)c2ccc(OC)cc2)cc1. The number of amides is 1. The van der Waals surface area contributed by atoms with Crippen LogP contribution in [0.2, 0.25) is 0 Å². The van der Waals surface area contributed by atoms with E-state index in [0.717, 1.165) is 30.2 Å². The Bertz CT molecular complexity index is 1030. The van der Waals surface area contributed by atoms with E-state index >= 15 is 0 Å². The minimum absolute atomic E-state index is 0.217. The Morgan fingerprint density at radius 3 is 2.29 bits per heavy atom. The first kappa shape index (κ1) is 20.4. The minimum Gasteiger partial charge on any atom is -0.497 e. The highest BCUT2D eigenvalue weighted by atomic mass is 16.5. The van der Waals surface area contributed by atoms with Gasteiger partial charge in [-0.25, -0.2) is 5.43 Å². The molecule has 3 aromatic rings. The van der Waals surface area contributed by atoms with Crippen molar-refractivity contribution in [3.05, 3.63) is 78.4 Å². The highest BCUT2D eigenvalue weighted by molar-refractivity contribution is 5.96. The van der Waals surface area contributed by atoms with Gasteiger partial charge < -0.3 is 9.64 Å². The summed E-state index contributed by atoms with van der Waals surface area (Å²) in [7, 11) is 1.60. The fourth-order valence-electron chi connectivity index (χ4n) is 3.61. The predicted octanol–water partition coefficient (Wildman–Crippen LogP) is 4.45. The van der Waals surface area contributed by atoms with Crippen LogP contribution >= 0.6 is 0 Å². The van der Waals surface area contributed by atoms with Crippen LogP contribution in [0.4, 0.5) is 22.7 Å². The molecule has 0 radical (unpaired) electrons. The molecule has 7 nitrogen and oxygen atoms in total. The van der Waals surface area contributed by atoms with Crippen LogP contribution in [0.1, 0.15) is 24.2 Å². The molecule has 0 aliphatic carbocycles. The van der Waals surface area contributed by atoms with Crippen LogP contribution in [0, 0.1) is 0 Å². The van der Waals surface area contributed by atoms with E-state index in [0.29, 0.717) is 11.3 Å². The molecule has 0 atom stereocenters. The van der Waals surface area contributed by atoms with E-state index in [-0.39, 0.29) is 5.91 Å². The van der Waals surface area contributed by atoms with Gasteiger partial charge in [0.05, 0.1) is 18.5 Å². The lowest BCUT2D eigenvalue weighted by Gasteiger charge is -2.31. The number of para-hydroxylation sites is 2. The molecule has 1 aliphatic heterocycles. The van der Waals surface area contributed by atoms with Gasteiger partial charge in [0, 0.05) is 24.3 Å². The van der Waals surface area contributed by atoms with Crippen LogP contribution in [-0.4, -0.2) is 26.1 Å². The Hall–Kier alpha value is -3.87. The maximum absolute atomic E-state index is 13.0. The van der Waals surface area contributed by atoms with Gasteiger partial charge in [0.1, 0.15) is 11.4 Å². The Kier molecular flexibility index (Phi) is 5.84. The Balaban J connectivity index is 1.60. The molecule has 31 heavy (non-hydrogen) atoms. The third-order valence-electron chi connectivity index (χ3n) is 5.34. The van der Waals surface area contributed by atoms with Crippen LogP contribution in [0.15, 0.2) is 72.8 Å². The lowest BCUT2D eigenvalue weighted by atomic mass is 10.2. The van der Waals surface area contributed by atoms with Crippen molar-refractivity contribution in [2.24, 2.45) is 0 Å². The number of rotatable bonds is 7. The fourth-order valence-corrected chi connectivity index (χ4v) is 3.61. The van der Waals surface area contributed by atoms with Gasteiger partial charge in [0.2, 0.25) is 0 Å². The number of hydrogen-bond acceptors (Lipinski definition) is 6. The summed E-state index contributed by atoms with van der Waals surface area (Å²) in [5.74, 6) is 0.491. The zero-order valence-corrected chi connectivity index (χ0v) is 18.0. The number of hydrazine groups is 3. The molecule has 0 saturated carbocycles. The maximum atomic E-state index is 13.0. The van der Waals surface area contributed by atoms with Gasteiger partial charge in [0.15, 0.2) is 0 Å². The predicted molar refractivity (Wildman–Crippen MR) is 125 cm³/mol. The summed E-state index contributed by atoms with van der Waals surface area (Å²) >= 11 is 0. The number of hydrogen-bond donors (Lipinski definition) is 2. The van der Waals surface area contributed by atoms with Gasteiger partial charge in [-0.2, -0.15) is 10.2 Å². The average molecular weight is 418 g/mol. The van der Waals surface area contributed by atoms with E-state index in [9.17, 15) is 4.79 Å². The summed E-state index contributed by atoms with van der Waals surface area (Å²) in [5, 5.41) is 3.56. The smallest absolute Gasteiger partial charge is 0.271 e. The monoisotopic (exact) mass is 417 g/mol. The second-order valence-electron chi connectivity index (χ2n) is 7.11. The molecule has 0 unspecified atom stereocenters. The van der Waals surface area contributed by atoms with Gasteiger partial charge in [-0.15, -0.1) is 0 Å². The van der Waals surface area contributed by atoms with Crippen molar-refractivity contribution in [1.29, 1.82) is 0 Å². The quantitative estimate of drug-likeness (QED) is 0.592. The third kappa shape index (κ3) is 4.07. The van der Waals surface area contributed by atoms with Crippen LogP contribution in [-0.2, 0) is 0 Å². The lowest BCUT2D eigenvalue weighted by molar-refractivity contribution is 0.0949. The van der Waals surface area contributed by atoms with E-state index in [1.54, 1.807) is 36.5 Å². The van der Waals surface area contributed by atoms with E-state index in [2.05, 4.69) is 41.7 Å². The molecule has 0 saturated heterocycles. The van der Waals surface area contributed by atoms with Gasteiger partial charge in [0.25, 0.3) is 5.91 Å². The van der Waals surface area contributed by atoms with Gasteiger partial charge in [-0.1, -0.05) is 12.1 Å². The van der Waals surface area contributed by atoms with Crippen molar-refractivity contribution in [3.8, 4) is 5.75 Å². The van der Waals surface area contributed by atoms with E-state index in [1.165, 1.54) is 5.69 Å². The topological polar surface area (TPSA) is 60.1 Å². The average Bonchev–Trinajstić information content (AvgIpc) is 3.18. The van der Waals surface area contributed by atoms with E-state index in [1.807, 2.05) is 41.5 Å². The number of nitrogens with zero attached hydrogens (tertiary/aromatic N) is 3. The molecule has 4 rings (SSSR count). The number of fused-ring (bicyclic) bond motifs is 1. The minimum atomic E-state index is -0.217. The zero-order valence-electron chi connectivity index (χ0n) is 18.0. The van der Waals surface area contributed by atoms with Crippen LogP contribution in [0.25, 0.3) is 0 Å². The van der Waals surface area contributed by atoms with Crippen molar-refractivity contribution >= 4 is 28.7 Å². The summed E-state index contributed by atoms with van der Waals surface area (Å²) in [5.41, 5.74) is 10.7. The molecule has 0 spiro atoms. The molecule has 160 valence electrons. The number of ether oxygens (including phenoxy) is 1. The van der Waals surface area contributed by atoms with Crippen molar-refractivity contribution in [2.75, 3.05) is 40.8 Å². The molecular formula is C24H27N5O2. The molecule has 2 N–H and O–H groups in total. The van der Waals surface area contributed by atoms with Crippen molar-refractivity contribution in [3.63, 3.8) is 0 Å². The first-order valence-electron chi connectivity index (χ1n) is 10.4. The molecule has 3 aromatic carbocycles. The van der Waals surface area contributed by atoms with E-state index < -0.39 is 0 Å². The van der Waals surface area contributed by atoms with Crippen molar-refractivity contribution < 1.29 is 9.53 Å². The third-order valence-corrected chi connectivity index (χ3v) is 5.34. The van der Waals surface area contributed by atoms with Gasteiger partial charge >= 0.3 is 0 Å². The summed E-state index contributed by atoms with van der Waals surface area (Å²) in [6.45, 7) is 6.19. The Labute approximate surface area is 182 Å². The standard InChI is InChI=1S/C24H27N5O2/c1-4-27(5-2)19-12-14-20(15-13-19)28-25-22-8-6-7-9-23(22)29(28)26-24(30)18-10-16-21(31-3)17-11-18/h6-17,25H,4-5H2,1-3H3,(H,26,30). The van der Waals surface area contributed by atoms with Crippen LogP contribution < -0.4 is 30.7 Å². The van der Waals surface area contributed by atoms with Gasteiger partial charge in [-0.05, 0) is 74.5 Å². The Morgan fingerprint density at radius 2 is 1.65 bits per heavy atom. The molecule has 7 heteroatoms. The largest absolute Gasteiger partial charge is 0.497 e. The van der Waals surface area contributed by atoms with Gasteiger partial charge in [-0.3, -0.25) is 10.2 Å². The zero-order chi connectivity index (χ0) is 21.8. The fraction of sp³-hybridized carbons (Fsp3) is 0.208. The molecule has 0 aromatic heterocycles. The number of anilines is 4. The van der Waals surface area contributed by atoms with Crippen LogP contribution in [0.3, 0.4) is 0 Å². The first-order valence-corrected chi connectivity index (χ1v) is 10.4. The van der Waals surface area contributed by atoms with Crippen LogP contribution in [0.5, 0.6) is 5.75 Å². The maximum Gasteiger partial charge on any atom is 0.271 e. The molecule has 1 amide bonds. The highest BCUT2D eigenvalue weighted by Crippen LogP contribution is 2.35.